The summed E-state index contributed by atoms with van der Waals surface area (Å²) in [6.45, 7) is 3.11. The summed E-state index contributed by atoms with van der Waals surface area (Å²) in [7, 11) is 0. The van der Waals surface area contributed by atoms with Gasteiger partial charge in [0.1, 0.15) is 6.04 Å². The van der Waals surface area contributed by atoms with Gasteiger partial charge in [0.2, 0.25) is 0 Å². The summed E-state index contributed by atoms with van der Waals surface area (Å²) in [5.41, 5.74) is 5.70. The Labute approximate surface area is 108 Å². The van der Waals surface area contributed by atoms with Gasteiger partial charge >= 0.3 is 5.97 Å². The van der Waals surface area contributed by atoms with Crippen LogP contribution in [-0.4, -0.2) is 42.8 Å². The summed E-state index contributed by atoms with van der Waals surface area (Å²) in [6, 6.07) is -0.467. The number of rotatable bonds is 8. The van der Waals surface area contributed by atoms with Crippen molar-refractivity contribution in [2.75, 3.05) is 24.7 Å². The average molecular weight is 261 g/mol. The molecule has 0 amide bonds. The van der Waals surface area contributed by atoms with Crippen molar-refractivity contribution in [1.29, 1.82) is 0 Å². The van der Waals surface area contributed by atoms with Crippen LogP contribution in [0, 0.1) is 0 Å². The van der Waals surface area contributed by atoms with Gasteiger partial charge < -0.3 is 15.2 Å². The van der Waals surface area contributed by atoms with Crippen LogP contribution < -0.4 is 5.73 Å². The second-order valence-corrected chi connectivity index (χ2v) is 5.41. The van der Waals surface area contributed by atoms with Crippen molar-refractivity contribution < 1.29 is 14.3 Å². The minimum atomic E-state index is -0.467. The van der Waals surface area contributed by atoms with E-state index in [0.717, 1.165) is 24.5 Å². The molecule has 5 heteroatoms. The molecule has 0 aliphatic carbocycles. The van der Waals surface area contributed by atoms with E-state index in [-0.39, 0.29) is 5.97 Å². The van der Waals surface area contributed by atoms with E-state index < -0.39 is 6.04 Å². The molecule has 2 N–H and O–H groups in total. The first-order valence-electron chi connectivity index (χ1n) is 6.35. The fourth-order valence-corrected chi connectivity index (χ4v) is 2.82. The van der Waals surface area contributed by atoms with E-state index in [1.54, 1.807) is 6.92 Å². The molecule has 1 heterocycles. The van der Waals surface area contributed by atoms with Crippen LogP contribution in [0.3, 0.4) is 0 Å². The lowest BCUT2D eigenvalue weighted by Gasteiger charge is -2.11. The average Bonchev–Trinajstić information content (AvgIpc) is 2.81. The van der Waals surface area contributed by atoms with Crippen LogP contribution in [0.25, 0.3) is 0 Å². The molecule has 0 saturated carbocycles. The molecular weight excluding hydrogens is 238 g/mol. The molecule has 0 spiro atoms. The highest BCUT2D eigenvalue weighted by Crippen LogP contribution is 2.18. The summed E-state index contributed by atoms with van der Waals surface area (Å²) in [6.07, 6.45) is 4.65. The number of hydrogen-bond acceptors (Lipinski definition) is 5. The van der Waals surface area contributed by atoms with Crippen molar-refractivity contribution in [2.24, 2.45) is 5.73 Å². The van der Waals surface area contributed by atoms with Crippen LogP contribution in [0.1, 0.15) is 32.6 Å². The van der Waals surface area contributed by atoms with Gasteiger partial charge in [0.25, 0.3) is 0 Å². The largest absolute Gasteiger partial charge is 0.465 e. The summed E-state index contributed by atoms with van der Waals surface area (Å²) in [4.78, 5) is 11.2. The molecule has 1 aliphatic rings. The van der Waals surface area contributed by atoms with E-state index in [9.17, 15) is 4.79 Å². The van der Waals surface area contributed by atoms with Crippen LogP contribution in [-0.2, 0) is 14.3 Å². The normalized spacial score (nSPS) is 21.4. The lowest BCUT2D eigenvalue weighted by atomic mass is 10.2. The molecule has 0 aromatic carbocycles. The number of carbonyl (C=O) groups excluding carboxylic acids is 1. The zero-order chi connectivity index (χ0) is 12.5. The van der Waals surface area contributed by atoms with Crippen molar-refractivity contribution in [2.45, 2.75) is 44.8 Å². The van der Waals surface area contributed by atoms with Gasteiger partial charge in [-0.25, -0.2) is 0 Å². The Kier molecular flexibility index (Phi) is 7.64. The fraction of sp³-hybridized carbons (Fsp3) is 0.917. The first-order valence-corrected chi connectivity index (χ1v) is 7.51. The molecule has 2 unspecified atom stereocenters. The third-order valence-corrected chi connectivity index (χ3v) is 3.82. The summed E-state index contributed by atoms with van der Waals surface area (Å²) in [5.74, 6) is 1.71. The number of nitrogens with two attached hydrogens (primary N) is 1. The van der Waals surface area contributed by atoms with Gasteiger partial charge in [0.05, 0.1) is 12.7 Å². The second-order valence-electron chi connectivity index (χ2n) is 4.18. The van der Waals surface area contributed by atoms with E-state index in [2.05, 4.69) is 0 Å². The predicted molar refractivity (Wildman–Crippen MR) is 70.1 cm³/mol. The molecule has 1 saturated heterocycles. The zero-order valence-electron chi connectivity index (χ0n) is 10.5. The standard InChI is InChI=1S/C12H23NO3S/c1-2-15-12(14)11(13)6-9-17-8-5-10-4-3-7-16-10/h10-11H,2-9,13H2,1H3. The summed E-state index contributed by atoms with van der Waals surface area (Å²) in [5, 5.41) is 0. The Morgan fingerprint density at radius 1 is 1.59 bits per heavy atom. The molecule has 2 atom stereocenters. The van der Waals surface area contributed by atoms with Crippen LogP contribution >= 0.6 is 11.8 Å². The minimum Gasteiger partial charge on any atom is -0.465 e. The van der Waals surface area contributed by atoms with Crippen molar-refractivity contribution in [1.82, 2.24) is 0 Å². The Morgan fingerprint density at radius 3 is 3.06 bits per heavy atom. The first kappa shape index (κ1) is 14.8. The third kappa shape index (κ3) is 6.29. The van der Waals surface area contributed by atoms with Crippen molar-refractivity contribution in [3.63, 3.8) is 0 Å². The third-order valence-electron chi connectivity index (χ3n) is 2.77. The number of carbonyl (C=O) groups is 1. The SMILES string of the molecule is CCOC(=O)C(N)CCSCCC1CCCO1. The minimum absolute atomic E-state index is 0.285. The molecular formula is C12H23NO3S. The van der Waals surface area contributed by atoms with E-state index in [1.807, 2.05) is 11.8 Å². The Morgan fingerprint density at radius 2 is 2.41 bits per heavy atom. The quantitative estimate of drug-likeness (QED) is 0.531. The van der Waals surface area contributed by atoms with Crippen molar-refractivity contribution in [3.05, 3.63) is 0 Å². The Balaban J connectivity index is 1.94. The number of thioether (sulfide) groups is 1. The summed E-state index contributed by atoms with van der Waals surface area (Å²) >= 11 is 1.84. The van der Waals surface area contributed by atoms with Gasteiger partial charge in [-0.15, -0.1) is 0 Å². The summed E-state index contributed by atoms with van der Waals surface area (Å²) < 4.78 is 10.4. The van der Waals surface area contributed by atoms with Crippen LogP contribution in [0.4, 0.5) is 0 Å². The predicted octanol–water partition coefficient (Wildman–Crippen LogP) is 1.57. The maximum absolute atomic E-state index is 11.2. The number of hydrogen-bond donors (Lipinski definition) is 1. The Bertz CT molecular complexity index is 220. The van der Waals surface area contributed by atoms with Crippen LogP contribution in [0.2, 0.25) is 0 Å². The van der Waals surface area contributed by atoms with Crippen LogP contribution in [0.15, 0.2) is 0 Å². The second kappa shape index (κ2) is 8.78. The molecule has 0 bridgehead atoms. The van der Waals surface area contributed by atoms with E-state index in [0.29, 0.717) is 19.1 Å². The van der Waals surface area contributed by atoms with Crippen LogP contribution in [0.5, 0.6) is 0 Å². The highest BCUT2D eigenvalue weighted by atomic mass is 32.2. The molecule has 0 aromatic heterocycles. The molecule has 0 aromatic rings. The molecule has 4 nitrogen and oxygen atoms in total. The van der Waals surface area contributed by atoms with Crippen molar-refractivity contribution >= 4 is 17.7 Å². The maximum atomic E-state index is 11.2. The highest BCUT2D eigenvalue weighted by Gasteiger charge is 2.16. The zero-order valence-corrected chi connectivity index (χ0v) is 11.3. The molecule has 1 fully saturated rings. The lowest BCUT2D eigenvalue weighted by Crippen LogP contribution is -2.32. The molecule has 17 heavy (non-hydrogen) atoms. The van der Waals surface area contributed by atoms with E-state index >= 15 is 0 Å². The number of ether oxygens (including phenoxy) is 2. The van der Waals surface area contributed by atoms with Gasteiger partial charge in [-0.3, -0.25) is 4.79 Å². The lowest BCUT2D eigenvalue weighted by molar-refractivity contribution is -0.144. The van der Waals surface area contributed by atoms with Gasteiger partial charge in [-0.1, -0.05) is 0 Å². The van der Waals surface area contributed by atoms with Gasteiger partial charge in [0, 0.05) is 6.61 Å². The number of esters is 1. The molecule has 1 rings (SSSR count). The highest BCUT2D eigenvalue weighted by molar-refractivity contribution is 7.99. The van der Waals surface area contributed by atoms with Gasteiger partial charge in [0.15, 0.2) is 0 Å². The van der Waals surface area contributed by atoms with Gasteiger partial charge in [-0.2, -0.15) is 11.8 Å². The van der Waals surface area contributed by atoms with E-state index in [4.69, 9.17) is 15.2 Å². The van der Waals surface area contributed by atoms with Gasteiger partial charge in [-0.05, 0) is 44.1 Å². The molecule has 1 aliphatic heterocycles. The van der Waals surface area contributed by atoms with Crippen molar-refractivity contribution in [3.8, 4) is 0 Å². The maximum Gasteiger partial charge on any atom is 0.322 e. The molecule has 100 valence electrons. The fourth-order valence-electron chi connectivity index (χ4n) is 1.77. The smallest absolute Gasteiger partial charge is 0.322 e. The molecule has 0 radical (unpaired) electrons. The topological polar surface area (TPSA) is 61.5 Å². The first-order chi connectivity index (χ1) is 8.24. The monoisotopic (exact) mass is 261 g/mol. The van der Waals surface area contributed by atoms with E-state index in [1.165, 1.54) is 12.8 Å². The Hall–Kier alpha value is -0.260.